The second-order valence-corrected chi connectivity index (χ2v) is 5.27. The predicted molar refractivity (Wildman–Crippen MR) is 80.8 cm³/mol. The standard InChI is InChI=1S/C16H16N4O2/c1-11(12-2-3-14-15(6-12)22-10-21-14)18-7-13-8-19-16-9-17-4-5-20(13)16/h2-6,8-9,11,18H,7,10H2,1H3/t11-/m0/s1. The first-order chi connectivity index (χ1) is 10.8. The van der Waals surface area contributed by atoms with Crippen LogP contribution in [0.15, 0.2) is 43.0 Å². The number of nitrogens with zero attached hydrogens (tertiary/aromatic N) is 3. The van der Waals surface area contributed by atoms with E-state index in [0.29, 0.717) is 6.79 Å². The molecule has 2 aromatic heterocycles. The van der Waals surface area contributed by atoms with Crippen LogP contribution in [0.2, 0.25) is 0 Å². The Hall–Kier alpha value is -2.60. The number of rotatable bonds is 4. The number of hydrogen-bond donors (Lipinski definition) is 1. The number of imidazole rings is 1. The van der Waals surface area contributed by atoms with Gasteiger partial charge in [0, 0.05) is 25.0 Å². The Kier molecular flexibility index (Phi) is 3.16. The Bertz CT molecular complexity index is 815. The molecule has 3 heterocycles. The smallest absolute Gasteiger partial charge is 0.231 e. The van der Waals surface area contributed by atoms with E-state index in [2.05, 4.69) is 28.3 Å². The van der Waals surface area contributed by atoms with Crippen LogP contribution < -0.4 is 14.8 Å². The van der Waals surface area contributed by atoms with Crippen LogP contribution in [-0.2, 0) is 6.54 Å². The molecule has 0 fully saturated rings. The van der Waals surface area contributed by atoms with Gasteiger partial charge in [-0.1, -0.05) is 6.07 Å². The van der Waals surface area contributed by atoms with E-state index in [9.17, 15) is 0 Å². The Morgan fingerprint density at radius 1 is 1.27 bits per heavy atom. The van der Waals surface area contributed by atoms with Gasteiger partial charge in [-0.15, -0.1) is 0 Å². The maximum absolute atomic E-state index is 5.43. The number of hydrogen-bond acceptors (Lipinski definition) is 5. The molecule has 1 aliphatic rings. The topological polar surface area (TPSA) is 60.7 Å². The van der Waals surface area contributed by atoms with Crippen molar-refractivity contribution in [3.05, 3.63) is 54.2 Å². The number of ether oxygens (including phenoxy) is 2. The van der Waals surface area contributed by atoms with Crippen molar-refractivity contribution >= 4 is 5.65 Å². The fourth-order valence-electron chi connectivity index (χ4n) is 2.58. The Balaban J connectivity index is 1.49. The molecule has 4 rings (SSSR count). The highest BCUT2D eigenvalue weighted by Crippen LogP contribution is 2.34. The zero-order valence-electron chi connectivity index (χ0n) is 12.2. The van der Waals surface area contributed by atoms with Crippen molar-refractivity contribution in [2.45, 2.75) is 19.5 Å². The Morgan fingerprint density at radius 3 is 3.14 bits per heavy atom. The molecule has 0 aliphatic carbocycles. The van der Waals surface area contributed by atoms with Crippen LogP contribution in [0.3, 0.4) is 0 Å². The summed E-state index contributed by atoms with van der Waals surface area (Å²) in [4.78, 5) is 8.41. The number of aromatic nitrogens is 3. The van der Waals surface area contributed by atoms with Crippen molar-refractivity contribution < 1.29 is 9.47 Å². The van der Waals surface area contributed by atoms with Crippen LogP contribution in [0.4, 0.5) is 0 Å². The normalized spacial score (nSPS) is 14.4. The van der Waals surface area contributed by atoms with E-state index in [1.807, 2.05) is 28.9 Å². The zero-order chi connectivity index (χ0) is 14.9. The first-order valence-corrected chi connectivity index (χ1v) is 7.20. The van der Waals surface area contributed by atoms with Crippen molar-refractivity contribution in [1.29, 1.82) is 0 Å². The van der Waals surface area contributed by atoms with Gasteiger partial charge in [-0.3, -0.25) is 9.38 Å². The fraction of sp³-hybridized carbons (Fsp3) is 0.250. The van der Waals surface area contributed by atoms with Gasteiger partial charge < -0.3 is 14.8 Å². The van der Waals surface area contributed by atoms with E-state index in [1.54, 1.807) is 12.4 Å². The van der Waals surface area contributed by atoms with Gasteiger partial charge >= 0.3 is 0 Å². The van der Waals surface area contributed by atoms with Crippen LogP contribution in [0.5, 0.6) is 11.5 Å². The van der Waals surface area contributed by atoms with Crippen molar-refractivity contribution in [2.24, 2.45) is 0 Å². The highest BCUT2D eigenvalue weighted by Gasteiger charge is 2.15. The highest BCUT2D eigenvalue weighted by atomic mass is 16.7. The SMILES string of the molecule is C[C@H](NCc1cnc2cnccn12)c1ccc2c(c1)OCO2. The molecule has 1 aromatic carbocycles. The van der Waals surface area contributed by atoms with Crippen LogP contribution in [0.25, 0.3) is 5.65 Å². The van der Waals surface area contributed by atoms with Gasteiger partial charge in [0.1, 0.15) is 0 Å². The first kappa shape index (κ1) is 13.1. The largest absolute Gasteiger partial charge is 0.454 e. The fourth-order valence-corrected chi connectivity index (χ4v) is 2.58. The second-order valence-electron chi connectivity index (χ2n) is 5.27. The minimum atomic E-state index is 0.196. The second kappa shape index (κ2) is 5.31. The molecule has 0 unspecified atom stereocenters. The highest BCUT2D eigenvalue weighted by molar-refractivity contribution is 5.45. The summed E-state index contributed by atoms with van der Waals surface area (Å²) in [6, 6.07) is 6.24. The third-order valence-electron chi connectivity index (χ3n) is 3.88. The van der Waals surface area contributed by atoms with E-state index in [1.165, 1.54) is 5.56 Å². The molecule has 0 saturated heterocycles. The van der Waals surface area contributed by atoms with Crippen LogP contribution in [0, 0.1) is 0 Å². The maximum Gasteiger partial charge on any atom is 0.231 e. The Morgan fingerprint density at radius 2 is 2.18 bits per heavy atom. The van der Waals surface area contributed by atoms with Crippen LogP contribution >= 0.6 is 0 Å². The molecule has 0 spiro atoms. The molecule has 6 nitrogen and oxygen atoms in total. The molecule has 0 saturated carbocycles. The first-order valence-electron chi connectivity index (χ1n) is 7.20. The third-order valence-corrected chi connectivity index (χ3v) is 3.88. The molecule has 1 aliphatic heterocycles. The summed E-state index contributed by atoms with van der Waals surface area (Å²) in [6.45, 7) is 3.15. The third kappa shape index (κ3) is 2.27. The van der Waals surface area contributed by atoms with Gasteiger partial charge in [0.25, 0.3) is 0 Å². The van der Waals surface area contributed by atoms with Gasteiger partial charge in [-0.2, -0.15) is 0 Å². The van der Waals surface area contributed by atoms with Gasteiger partial charge in [0.2, 0.25) is 6.79 Å². The number of benzene rings is 1. The van der Waals surface area contributed by atoms with Crippen LogP contribution in [0.1, 0.15) is 24.2 Å². The quantitative estimate of drug-likeness (QED) is 0.800. The lowest BCUT2D eigenvalue weighted by molar-refractivity contribution is 0.174. The maximum atomic E-state index is 5.43. The minimum absolute atomic E-state index is 0.196. The molecule has 112 valence electrons. The summed E-state index contributed by atoms with van der Waals surface area (Å²) in [7, 11) is 0. The zero-order valence-corrected chi connectivity index (χ0v) is 12.2. The molecule has 1 atom stereocenters. The molecule has 0 amide bonds. The summed E-state index contributed by atoms with van der Waals surface area (Å²) in [5, 5.41) is 3.51. The van der Waals surface area contributed by atoms with Gasteiger partial charge in [0.15, 0.2) is 17.1 Å². The summed E-state index contributed by atoms with van der Waals surface area (Å²) in [5.74, 6) is 1.62. The average molecular weight is 296 g/mol. The van der Waals surface area contributed by atoms with Gasteiger partial charge in [-0.05, 0) is 24.6 Å². The number of fused-ring (bicyclic) bond motifs is 2. The minimum Gasteiger partial charge on any atom is -0.454 e. The number of nitrogens with one attached hydrogen (secondary N) is 1. The van der Waals surface area contributed by atoms with E-state index in [0.717, 1.165) is 29.4 Å². The lowest BCUT2D eigenvalue weighted by Crippen LogP contribution is -2.19. The summed E-state index contributed by atoms with van der Waals surface area (Å²) < 4.78 is 12.8. The molecule has 0 radical (unpaired) electrons. The molecule has 0 bridgehead atoms. The molecule has 22 heavy (non-hydrogen) atoms. The molecule has 6 heteroatoms. The predicted octanol–water partition coefficient (Wildman–Crippen LogP) is 2.31. The summed E-state index contributed by atoms with van der Waals surface area (Å²) in [6.07, 6.45) is 7.31. The molecular formula is C16H16N4O2. The van der Waals surface area contributed by atoms with Crippen molar-refractivity contribution in [2.75, 3.05) is 6.79 Å². The summed E-state index contributed by atoms with van der Waals surface area (Å²) in [5.41, 5.74) is 3.12. The average Bonchev–Trinajstić information content (AvgIpc) is 3.18. The van der Waals surface area contributed by atoms with Crippen molar-refractivity contribution in [3.63, 3.8) is 0 Å². The van der Waals surface area contributed by atoms with E-state index < -0.39 is 0 Å². The van der Waals surface area contributed by atoms with Gasteiger partial charge in [-0.25, -0.2) is 4.98 Å². The monoisotopic (exact) mass is 296 g/mol. The lowest BCUT2D eigenvalue weighted by atomic mass is 10.1. The van der Waals surface area contributed by atoms with E-state index in [-0.39, 0.29) is 6.04 Å². The summed E-state index contributed by atoms with van der Waals surface area (Å²) >= 11 is 0. The Labute approximate surface area is 127 Å². The van der Waals surface area contributed by atoms with Crippen LogP contribution in [-0.4, -0.2) is 21.2 Å². The molecular weight excluding hydrogens is 280 g/mol. The van der Waals surface area contributed by atoms with Crippen molar-refractivity contribution in [3.8, 4) is 11.5 Å². The molecule has 1 N–H and O–H groups in total. The van der Waals surface area contributed by atoms with E-state index in [4.69, 9.17) is 9.47 Å². The molecule has 3 aromatic rings. The van der Waals surface area contributed by atoms with Crippen molar-refractivity contribution in [1.82, 2.24) is 19.7 Å². The lowest BCUT2D eigenvalue weighted by Gasteiger charge is -2.14. The van der Waals surface area contributed by atoms with Gasteiger partial charge in [0.05, 0.1) is 18.1 Å². The van der Waals surface area contributed by atoms with E-state index >= 15 is 0 Å².